The van der Waals surface area contributed by atoms with Crippen molar-refractivity contribution in [3.63, 3.8) is 0 Å². The fourth-order valence-corrected chi connectivity index (χ4v) is 12.8. The molecule has 0 aromatic rings. The molecule has 1 fully saturated rings. The number of aliphatic hydroxyl groups excluding tert-OH is 1. The molecule has 0 bridgehead atoms. The van der Waals surface area contributed by atoms with E-state index in [0.717, 1.165) is 9.80 Å². The van der Waals surface area contributed by atoms with E-state index in [1.807, 2.05) is 41.5 Å². The van der Waals surface area contributed by atoms with E-state index >= 15 is 28.8 Å². The van der Waals surface area contributed by atoms with Gasteiger partial charge in [-0.1, -0.05) is 95.2 Å². The van der Waals surface area contributed by atoms with Gasteiger partial charge < -0.3 is 70.5 Å². The van der Waals surface area contributed by atoms with Gasteiger partial charge in [-0.05, 0) is 121 Å². The summed E-state index contributed by atoms with van der Waals surface area (Å²) >= 11 is 1.37. The zero-order chi connectivity index (χ0) is 72.7. The molecular weight excluding hydrogens is 1230 g/mol. The molecule has 1 rings (SSSR count). The van der Waals surface area contributed by atoms with Crippen LogP contribution in [-0.2, 0) is 57.5 Å². The Kier molecular flexibility index (Phi) is 36.7. The van der Waals surface area contributed by atoms with Crippen LogP contribution >= 0.6 is 11.8 Å². The monoisotopic (exact) mass is 1350 g/mol. The van der Waals surface area contributed by atoms with E-state index in [-0.39, 0.29) is 62.0 Å². The van der Waals surface area contributed by atoms with Gasteiger partial charge in [0.15, 0.2) is 0 Å². The van der Waals surface area contributed by atoms with Crippen LogP contribution in [0.4, 0.5) is 0 Å². The first-order valence-corrected chi connectivity index (χ1v) is 34.8. The normalized spacial score (nSPS) is 26.4. The van der Waals surface area contributed by atoms with Crippen molar-refractivity contribution in [3.05, 3.63) is 12.2 Å². The number of amides is 11. The summed E-state index contributed by atoms with van der Waals surface area (Å²) in [5.74, 6) is -9.77. The fraction of sp³-hybridized carbons (Fsp3) is 0.809. The van der Waals surface area contributed by atoms with Crippen molar-refractivity contribution in [3.8, 4) is 0 Å². The standard InChI is InChI=1S/C68H123N11O14S/c1-26-28-31-44(13)56(80)55-60(84)71-47(27-2)62(86)77(22)52(38-94-33-30-29-32-93-25)65(89)76(21)51(37-68(16,17)92)59(83)72-53(42(9)10)66(90)73(18)48(34-39(3)4)58(82)69-45(14)57(81)70-46(15)61(85)74(19)49(35-40(5)6)63(87)75(20)50(36-41(7)8)64(88)78(23)54(43(11)12)67(91)79(55)24/h26,28,39-56,80,92H,27,29-38H2,1-25H3,(H,69,82)(H,70,81)(H,71,84)(H,72,83)/b28-26+/t44-,45+,46-,47+,48+,49+,50+,51+,52-,53+,54+,55+,56-/m1/s1. The molecule has 0 spiro atoms. The van der Waals surface area contributed by atoms with E-state index in [0.29, 0.717) is 25.2 Å². The third kappa shape index (κ3) is 25.3. The molecule has 0 aromatic carbocycles. The molecule has 1 heterocycles. The SMILES string of the molecule is C/C=C/C[C@@H](C)[C@@H](O)[C@H]1C(=O)N[C@@H](CC)C(=O)N(C)[C@H](CSCCCCOC)C(=O)N(C)[C@@H](CC(C)(C)O)C(=O)N[C@@H](C(C)C)C(=O)N(C)[C@@H](CC(C)C)C(=O)N[C@@H](C)C(=O)N[C@H](C)C(=O)N(C)[C@@H](CC(C)C)C(=O)N(C)[C@@H](CC(C)C)C(=O)N(C)[C@@H](C(C)C)C(=O)N1C. The molecule has 94 heavy (non-hydrogen) atoms. The van der Waals surface area contributed by atoms with Crippen LogP contribution in [0.25, 0.3) is 0 Å². The van der Waals surface area contributed by atoms with E-state index < -0.39 is 161 Å². The quantitative estimate of drug-likeness (QED) is 0.0662. The summed E-state index contributed by atoms with van der Waals surface area (Å²) in [5, 5.41) is 34.7. The predicted molar refractivity (Wildman–Crippen MR) is 367 cm³/mol. The van der Waals surface area contributed by atoms with Gasteiger partial charge in [-0.15, -0.1) is 0 Å². The Bertz CT molecular complexity index is 2540. The van der Waals surface area contributed by atoms with Crippen molar-refractivity contribution in [1.29, 1.82) is 0 Å². The number of nitrogens with zero attached hydrogens (tertiary/aromatic N) is 7. The first kappa shape index (κ1) is 86.2. The molecule has 0 unspecified atom stereocenters. The number of unbranched alkanes of at least 4 members (excludes halogenated alkanes) is 1. The maximum absolute atomic E-state index is 15.4. The van der Waals surface area contributed by atoms with Crippen molar-refractivity contribution in [2.24, 2.45) is 35.5 Å². The van der Waals surface area contributed by atoms with E-state index in [2.05, 4.69) is 21.3 Å². The van der Waals surface area contributed by atoms with Gasteiger partial charge in [-0.3, -0.25) is 52.7 Å². The van der Waals surface area contributed by atoms with Crippen molar-refractivity contribution >= 4 is 76.7 Å². The lowest BCUT2D eigenvalue weighted by molar-refractivity contribution is -0.157. The lowest BCUT2D eigenvalue weighted by atomic mass is 9.91. The van der Waals surface area contributed by atoms with E-state index in [1.165, 1.54) is 113 Å². The molecule has 6 N–H and O–H groups in total. The second-order valence-electron chi connectivity index (χ2n) is 28.5. The smallest absolute Gasteiger partial charge is 0.246 e. The second kappa shape index (κ2) is 40.0. The molecule has 1 aliphatic heterocycles. The Balaban J connectivity index is 4.56. The number of thioether (sulfide) groups is 1. The van der Waals surface area contributed by atoms with Gasteiger partial charge >= 0.3 is 0 Å². The highest BCUT2D eigenvalue weighted by molar-refractivity contribution is 7.99. The van der Waals surface area contributed by atoms with Gasteiger partial charge in [-0.2, -0.15) is 11.8 Å². The number of hydrogen-bond donors (Lipinski definition) is 6. The Labute approximate surface area is 567 Å². The van der Waals surface area contributed by atoms with Crippen LogP contribution in [0.1, 0.15) is 169 Å². The van der Waals surface area contributed by atoms with Gasteiger partial charge in [0.1, 0.15) is 66.5 Å². The van der Waals surface area contributed by atoms with Gasteiger partial charge in [-0.25, -0.2) is 0 Å². The van der Waals surface area contributed by atoms with E-state index in [9.17, 15) is 34.2 Å². The number of likely N-dealkylation sites (N-methyl/N-ethyl adjacent to an activating group) is 7. The predicted octanol–water partition coefficient (Wildman–Crippen LogP) is 3.91. The minimum absolute atomic E-state index is 0.00961. The van der Waals surface area contributed by atoms with Crippen LogP contribution in [0, 0.1) is 35.5 Å². The summed E-state index contributed by atoms with van der Waals surface area (Å²) in [7, 11) is 11.4. The van der Waals surface area contributed by atoms with Crippen LogP contribution < -0.4 is 21.3 Å². The Morgan fingerprint density at radius 3 is 1.45 bits per heavy atom. The minimum atomic E-state index is -1.66. The maximum Gasteiger partial charge on any atom is 0.246 e. The lowest BCUT2D eigenvalue weighted by Gasteiger charge is -2.41. The lowest BCUT2D eigenvalue weighted by Crippen LogP contribution is -2.64. The summed E-state index contributed by atoms with van der Waals surface area (Å²) in [5.41, 5.74) is -1.59. The highest BCUT2D eigenvalue weighted by Crippen LogP contribution is 2.27. The van der Waals surface area contributed by atoms with Crippen molar-refractivity contribution < 1.29 is 67.7 Å². The Hall–Kier alpha value is -5.86. The molecule has 0 radical (unpaired) electrons. The van der Waals surface area contributed by atoms with Crippen LogP contribution in [0.2, 0.25) is 0 Å². The van der Waals surface area contributed by atoms with Gasteiger partial charge in [0, 0.05) is 75.2 Å². The number of rotatable bonds is 22. The third-order valence-electron chi connectivity index (χ3n) is 17.5. The molecule has 540 valence electrons. The summed E-state index contributed by atoms with van der Waals surface area (Å²) in [6, 6.07) is -14.4. The van der Waals surface area contributed by atoms with Crippen LogP contribution in [0.5, 0.6) is 0 Å². The van der Waals surface area contributed by atoms with E-state index in [1.54, 1.807) is 67.7 Å². The minimum Gasteiger partial charge on any atom is -0.390 e. The number of carbonyl (C=O) groups is 11. The van der Waals surface area contributed by atoms with E-state index in [4.69, 9.17) is 4.74 Å². The molecule has 0 saturated carbocycles. The van der Waals surface area contributed by atoms with Crippen LogP contribution in [-0.4, -0.2) is 262 Å². The Morgan fingerprint density at radius 1 is 0.521 bits per heavy atom. The highest BCUT2D eigenvalue weighted by atomic mass is 32.2. The molecule has 1 saturated heterocycles. The van der Waals surface area contributed by atoms with Crippen LogP contribution in [0.3, 0.4) is 0 Å². The summed E-state index contributed by atoms with van der Waals surface area (Å²) in [4.78, 5) is 172. The molecule has 13 atom stereocenters. The summed E-state index contributed by atoms with van der Waals surface area (Å²) < 4.78 is 5.25. The summed E-state index contributed by atoms with van der Waals surface area (Å²) in [6.45, 7) is 29.4. The molecule has 25 nitrogen and oxygen atoms in total. The first-order valence-electron chi connectivity index (χ1n) is 33.6. The van der Waals surface area contributed by atoms with Gasteiger partial charge in [0.05, 0.1) is 11.7 Å². The average molecular weight is 1350 g/mol. The number of carbonyl (C=O) groups excluding carboxylic acids is 11. The molecular formula is C68H123N11O14S. The first-order chi connectivity index (χ1) is 43.5. The Morgan fingerprint density at radius 2 is 0.968 bits per heavy atom. The fourth-order valence-electron chi connectivity index (χ4n) is 11.6. The highest BCUT2D eigenvalue weighted by Gasteiger charge is 2.47. The number of ether oxygens (including phenoxy) is 1. The number of nitrogens with one attached hydrogen (secondary N) is 4. The second-order valence-corrected chi connectivity index (χ2v) is 29.6. The molecule has 11 amide bonds. The number of allylic oxidation sites excluding steroid dienone is 2. The third-order valence-corrected chi connectivity index (χ3v) is 18.7. The number of methoxy groups -OCH3 is 1. The zero-order valence-electron chi connectivity index (χ0n) is 61.7. The summed E-state index contributed by atoms with van der Waals surface area (Å²) in [6.07, 6.45) is 3.73. The molecule has 0 aliphatic carbocycles. The maximum atomic E-state index is 15.4. The zero-order valence-corrected chi connectivity index (χ0v) is 62.5. The average Bonchev–Trinajstić information content (AvgIpc) is 0.809. The number of hydrogen-bond acceptors (Lipinski definition) is 15. The van der Waals surface area contributed by atoms with Gasteiger partial charge in [0.25, 0.3) is 0 Å². The van der Waals surface area contributed by atoms with Crippen molar-refractivity contribution in [2.45, 2.75) is 247 Å². The molecule has 0 aromatic heterocycles. The van der Waals surface area contributed by atoms with Crippen molar-refractivity contribution in [1.82, 2.24) is 55.6 Å². The number of aliphatic hydroxyl groups is 2. The largest absolute Gasteiger partial charge is 0.390 e. The molecule has 1 aliphatic rings. The van der Waals surface area contributed by atoms with Gasteiger partial charge in [0.2, 0.25) is 65.0 Å². The molecule has 26 heteroatoms. The topological polar surface area (TPSA) is 308 Å². The van der Waals surface area contributed by atoms with Crippen LogP contribution in [0.15, 0.2) is 12.2 Å². The van der Waals surface area contributed by atoms with Crippen molar-refractivity contribution in [2.75, 3.05) is 74.6 Å².